The molecule has 0 aliphatic carbocycles. The number of nitrogens with zero attached hydrogens (tertiary/aromatic N) is 3. The summed E-state index contributed by atoms with van der Waals surface area (Å²) in [6.07, 6.45) is 0. The summed E-state index contributed by atoms with van der Waals surface area (Å²) in [6.45, 7) is -3.76. The van der Waals surface area contributed by atoms with Crippen LogP contribution in [-0.4, -0.2) is 31.5 Å². The standard InChI is InChI=1S/C15H9F5N4O3/c16-7-3-1-2-6(10(7)17)5-24-9(27-15(19)20)4-8(23-24)12-21-13(25)11(18)14(26)22-12/h1-4,15H,5H2,(H2,21,22,25,26). The lowest BCUT2D eigenvalue weighted by molar-refractivity contribution is -0.0556. The molecule has 142 valence electrons. The fourth-order valence-electron chi connectivity index (χ4n) is 2.21. The summed E-state index contributed by atoms with van der Waals surface area (Å²) in [5, 5.41) is 13.1. The van der Waals surface area contributed by atoms with Gasteiger partial charge in [0, 0.05) is 11.6 Å². The predicted molar refractivity (Wildman–Crippen MR) is 79.8 cm³/mol. The van der Waals surface area contributed by atoms with E-state index < -0.39 is 53.8 Å². The van der Waals surface area contributed by atoms with Crippen molar-refractivity contribution in [1.29, 1.82) is 0 Å². The van der Waals surface area contributed by atoms with Gasteiger partial charge in [0.25, 0.3) is 11.4 Å². The van der Waals surface area contributed by atoms with Crippen molar-refractivity contribution >= 4 is 0 Å². The van der Waals surface area contributed by atoms with E-state index in [1.54, 1.807) is 0 Å². The van der Waals surface area contributed by atoms with Crippen LogP contribution < -0.4 is 10.3 Å². The second-order valence-electron chi connectivity index (χ2n) is 5.17. The van der Waals surface area contributed by atoms with Crippen LogP contribution in [0.5, 0.6) is 11.8 Å². The SMILES string of the molecule is O=c1[nH]c(-c2cc(OC(F)F)n(Cc3cccc(F)c3F)n2)nc(O)c1F. The van der Waals surface area contributed by atoms with Gasteiger partial charge in [-0.15, -0.1) is 0 Å². The number of alkyl halides is 2. The maximum Gasteiger partial charge on any atom is 0.388 e. The molecule has 0 unspecified atom stereocenters. The van der Waals surface area contributed by atoms with Crippen molar-refractivity contribution in [2.24, 2.45) is 0 Å². The topological polar surface area (TPSA) is 93.0 Å². The fourth-order valence-corrected chi connectivity index (χ4v) is 2.21. The third kappa shape index (κ3) is 3.73. The Balaban J connectivity index is 2.06. The molecule has 0 atom stereocenters. The Morgan fingerprint density at radius 3 is 2.63 bits per heavy atom. The average molecular weight is 388 g/mol. The van der Waals surface area contributed by atoms with E-state index in [0.717, 1.165) is 16.8 Å². The highest BCUT2D eigenvalue weighted by Crippen LogP contribution is 2.25. The van der Waals surface area contributed by atoms with Gasteiger partial charge in [-0.05, 0) is 6.07 Å². The van der Waals surface area contributed by atoms with Gasteiger partial charge < -0.3 is 14.8 Å². The molecule has 0 fully saturated rings. The van der Waals surface area contributed by atoms with Crippen LogP contribution in [0.2, 0.25) is 0 Å². The summed E-state index contributed by atoms with van der Waals surface area (Å²) >= 11 is 0. The third-order valence-corrected chi connectivity index (χ3v) is 3.39. The fraction of sp³-hybridized carbons (Fsp3) is 0.133. The quantitative estimate of drug-likeness (QED) is 0.655. The first-order chi connectivity index (χ1) is 12.8. The zero-order valence-corrected chi connectivity index (χ0v) is 13.1. The van der Waals surface area contributed by atoms with E-state index in [1.165, 1.54) is 12.1 Å². The zero-order valence-electron chi connectivity index (χ0n) is 13.1. The molecular formula is C15H9F5N4O3. The number of ether oxygens (including phenoxy) is 1. The Hall–Kier alpha value is -3.44. The van der Waals surface area contributed by atoms with Crippen molar-refractivity contribution in [3.05, 3.63) is 57.6 Å². The first-order valence-corrected chi connectivity index (χ1v) is 7.21. The lowest BCUT2D eigenvalue weighted by Crippen LogP contribution is -2.13. The van der Waals surface area contributed by atoms with E-state index in [4.69, 9.17) is 0 Å². The number of aromatic amines is 1. The Labute approximate surface area is 146 Å². The molecule has 0 saturated heterocycles. The highest BCUT2D eigenvalue weighted by Gasteiger charge is 2.20. The van der Waals surface area contributed by atoms with E-state index in [0.29, 0.717) is 0 Å². The molecule has 3 rings (SSSR count). The summed E-state index contributed by atoms with van der Waals surface area (Å²) in [5.41, 5.74) is -1.82. The lowest BCUT2D eigenvalue weighted by atomic mass is 10.2. The van der Waals surface area contributed by atoms with E-state index >= 15 is 0 Å². The number of halogens is 5. The number of hydrogen-bond acceptors (Lipinski definition) is 5. The molecule has 0 aliphatic rings. The molecule has 2 heterocycles. The van der Waals surface area contributed by atoms with Gasteiger partial charge in [0.2, 0.25) is 11.7 Å². The molecule has 0 saturated carbocycles. The minimum atomic E-state index is -3.26. The van der Waals surface area contributed by atoms with Crippen molar-refractivity contribution in [3.63, 3.8) is 0 Å². The molecule has 12 heteroatoms. The number of benzene rings is 1. The minimum Gasteiger partial charge on any atom is -0.491 e. The third-order valence-electron chi connectivity index (χ3n) is 3.39. The maximum atomic E-state index is 13.8. The van der Waals surface area contributed by atoms with E-state index in [1.807, 2.05) is 4.98 Å². The summed E-state index contributed by atoms with van der Waals surface area (Å²) in [6, 6.07) is 4.19. The normalized spacial score (nSPS) is 11.2. The van der Waals surface area contributed by atoms with Crippen molar-refractivity contribution in [2.75, 3.05) is 0 Å². The number of aromatic hydroxyl groups is 1. The monoisotopic (exact) mass is 388 g/mol. The molecule has 0 bridgehead atoms. The molecule has 2 N–H and O–H groups in total. The molecule has 27 heavy (non-hydrogen) atoms. The van der Waals surface area contributed by atoms with Crippen LogP contribution >= 0.6 is 0 Å². The van der Waals surface area contributed by atoms with Crippen molar-refractivity contribution in [2.45, 2.75) is 13.2 Å². The number of nitrogens with one attached hydrogen (secondary N) is 1. The molecule has 0 radical (unpaired) electrons. The zero-order chi connectivity index (χ0) is 19.7. The first-order valence-electron chi connectivity index (χ1n) is 7.21. The summed E-state index contributed by atoms with van der Waals surface area (Å²) < 4.78 is 70.6. The largest absolute Gasteiger partial charge is 0.491 e. The van der Waals surface area contributed by atoms with Crippen LogP contribution in [-0.2, 0) is 6.54 Å². The Morgan fingerprint density at radius 1 is 1.22 bits per heavy atom. The van der Waals surface area contributed by atoms with Gasteiger partial charge in [-0.1, -0.05) is 12.1 Å². The second-order valence-corrected chi connectivity index (χ2v) is 5.17. The van der Waals surface area contributed by atoms with Gasteiger partial charge in [-0.3, -0.25) is 4.79 Å². The Kier molecular flexibility index (Phi) is 4.79. The number of H-pyrrole nitrogens is 1. The van der Waals surface area contributed by atoms with Crippen LogP contribution in [0.1, 0.15) is 5.56 Å². The van der Waals surface area contributed by atoms with Gasteiger partial charge in [-0.25, -0.2) is 13.5 Å². The van der Waals surface area contributed by atoms with Crippen molar-refractivity contribution in [1.82, 2.24) is 19.7 Å². The molecule has 1 aromatic carbocycles. The average Bonchev–Trinajstić information content (AvgIpc) is 2.98. The van der Waals surface area contributed by atoms with E-state index in [-0.39, 0.29) is 11.3 Å². The molecule has 0 amide bonds. The lowest BCUT2D eigenvalue weighted by Gasteiger charge is -2.09. The summed E-state index contributed by atoms with van der Waals surface area (Å²) in [5.74, 6) is -6.12. The van der Waals surface area contributed by atoms with Gasteiger partial charge in [0.15, 0.2) is 17.5 Å². The number of aromatic nitrogens is 4. The Bertz CT molecular complexity index is 1050. The summed E-state index contributed by atoms with van der Waals surface area (Å²) in [4.78, 5) is 16.7. The highest BCUT2D eigenvalue weighted by molar-refractivity contribution is 5.51. The highest BCUT2D eigenvalue weighted by atomic mass is 19.3. The predicted octanol–water partition coefficient (Wildman–Crippen LogP) is 2.41. The first kappa shape index (κ1) is 18.4. The molecule has 3 aromatic rings. The van der Waals surface area contributed by atoms with Crippen LogP contribution in [0.25, 0.3) is 11.5 Å². The minimum absolute atomic E-state index is 0.216. The van der Waals surface area contributed by atoms with Gasteiger partial charge >= 0.3 is 6.61 Å². The van der Waals surface area contributed by atoms with Crippen LogP contribution in [0, 0.1) is 17.5 Å². The molecule has 7 nitrogen and oxygen atoms in total. The van der Waals surface area contributed by atoms with Crippen LogP contribution in [0.15, 0.2) is 29.1 Å². The molecule has 0 spiro atoms. The van der Waals surface area contributed by atoms with Gasteiger partial charge in [0.05, 0.1) is 6.54 Å². The smallest absolute Gasteiger partial charge is 0.388 e. The van der Waals surface area contributed by atoms with E-state index in [2.05, 4.69) is 14.8 Å². The van der Waals surface area contributed by atoms with Crippen molar-refractivity contribution in [3.8, 4) is 23.3 Å². The van der Waals surface area contributed by atoms with E-state index in [9.17, 15) is 31.9 Å². The maximum absolute atomic E-state index is 13.8. The van der Waals surface area contributed by atoms with Gasteiger partial charge in [-0.2, -0.15) is 23.3 Å². The number of rotatable bonds is 5. The number of hydrogen-bond donors (Lipinski definition) is 2. The van der Waals surface area contributed by atoms with Crippen LogP contribution in [0.4, 0.5) is 22.0 Å². The molecule has 0 aliphatic heterocycles. The van der Waals surface area contributed by atoms with Crippen LogP contribution in [0.3, 0.4) is 0 Å². The molecular weight excluding hydrogens is 379 g/mol. The Morgan fingerprint density at radius 2 is 1.96 bits per heavy atom. The second kappa shape index (κ2) is 7.05. The van der Waals surface area contributed by atoms with Gasteiger partial charge in [0.1, 0.15) is 5.69 Å². The molecule has 2 aromatic heterocycles. The summed E-state index contributed by atoms with van der Waals surface area (Å²) in [7, 11) is 0. The van der Waals surface area contributed by atoms with Crippen molar-refractivity contribution < 1.29 is 31.8 Å².